The number of halogens is 3. The van der Waals surface area contributed by atoms with Crippen molar-refractivity contribution in [3.05, 3.63) is 43.3 Å². The summed E-state index contributed by atoms with van der Waals surface area (Å²) in [6.45, 7) is 0. The summed E-state index contributed by atoms with van der Waals surface area (Å²) in [5, 5.41) is 0. The molecular formula is C8H7F3Sc-2. The molecule has 0 amide bonds. The molecule has 4 heteroatoms. The Kier molecular flexibility index (Phi) is 6.62. The maximum Gasteiger partial charge on any atom is 0.394 e. The van der Waals surface area contributed by atoms with Crippen LogP contribution in [0.4, 0.5) is 13.2 Å². The van der Waals surface area contributed by atoms with Crippen molar-refractivity contribution in [1.82, 2.24) is 0 Å². The van der Waals surface area contributed by atoms with Crippen LogP contribution in [0, 0.1) is 13.5 Å². The molecule has 0 bridgehead atoms. The predicted octanol–water partition coefficient (Wildman–Crippen LogP) is 2.95. The summed E-state index contributed by atoms with van der Waals surface area (Å²) in [6.07, 6.45) is -4.23. The first kappa shape index (κ1) is 14.4. The first-order valence-corrected chi connectivity index (χ1v) is 2.64. The summed E-state index contributed by atoms with van der Waals surface area (Å²) in [4.78, 5) is 0. The van der Waals surface area contributed by atoms with Crippen molar-refractivity contribution in [3.63, 3.8) is 0 Å². The van der Waals surface area contributed by atoms with Crippen LogP contribution in [-0.2, 0) is 32.0 Å². The molecule has 0 aliphatic heterocycles. The van der Waals surface area contributed by atoms with E-state index in [9.17, 15) is 13.2 Å². The van der Waals surface area contributed by atoms with Crippen LogP contribution in [0.15, 0.2) is 24.3 Å². The van der Waals surface area contributed by atoms with Gasteiger partial charge in [0, 0.05) is 25.8 Å². The Labute approximate surface area is 88.6 Å². The van der Waals surface area contributed by atoms with E-state index in [1.165, 1.54) is 12.1 Å². The molecule has 0 heterocycles. The SMILES string of the molecule is FC(F)(F)c1cc[c-]cc1.[CH3-].[Sc]. The average Bonchev–Trinajstić information content (AvgIpc) is 1.88. The maximum absolute atomic E-state index is 11.8. The molecule has 12 heavy (non-hydrogen) atoms. The van der Waals surface area contributed by atoms with Crippen LogP contribution in [0.2, 0.25) is 0 Å². The third-order valence-corrected chi connectivity index (χ3v) is 1.05. The second-order valence-electron chi connectivity index (χ2n) is 1.79. The van der Waals surface area contributed by atoms with E-state index in [1.807, 2.05) is 0 Å². The predicted molar refractivity (Wildman–Crippen MR) is 36.7 cm³/mol. The molecule has 0 fully saturated rings. The van der Waals surface area contributed by atoms with E-state index in [-0.39, 0.29) is 33.3 Å². The Hall–Kier alpha value is -0.120. The number of hydrogen-bond acceptors (Lipinski definition) is 0. The van der Waals surface area contributed by atoms with Gasteiger partial charge < -0.3 is 7.43 Å². The molecule has 0 saturated carbocycles. The minimum atomic E-state index is -4.23. The van der Waals surface area contributed by atoms with Gasteiger partial charge in [0.05, 0.1) is 0 Å². The van der Waals surface area contributed by atoms with Gasteiger partial charge in [0.1, 0.15) is 0 Å². The van der Waals surface area contributed by atoms with Crippen LogP contribution in [0.5, 0.6) is 0 Å². The molecule has 0 aliphatic rings. The molecule has 0 atom stereocenters. The Morgan fingerprint density at radius 1 is 1.08 bits per heavy atom. The molecule has 0 unspecified atom stereocenters. The number of rotatable bonds is 0. The van der Waals surface area contributed by atoms with Gasteiger partial charge in [0.25, 0.3) is 0 Å². The Bertz CT molecular complexity index is 205. The zero-order chi connectivity index (χ0) is 7.61. The maximum atomic E-state index is 11.8. The molecule has 0 N–H and O–H groups in total. The standard InChI is InChI=1S/C7H4F3.CH3.Sc/c8-7(9,10)6-4-2-1-3-5-6;;/h2-5H;1H3;/q2*-1;. The second-order valence-corrected chi connectivity index (χ2v) is 1.79. The van der Waals surface area contributed by atoms with Gasteiger partial charge in [-0.2, -0.15) is 43.5 Å². The first-order chi connectivity index (χ1) is 4.61. The Morgan fingerprint density at radius 2 is 1.50 bits per heavy atom. The van der Waals surface area contributed by atoms with Crippen molar-refractivity contribution in [3.8, 4) is 0 Å². The van der Waals surface area contributed by atoms with Gasteiger partial charge in [-0.15, -0.1) is 0 Å². The van der Waals surface area contributed by atoms with Crippen LogP contribution < -0.4 is 0 Å². The molecule has 1 rings (SSSR count). The molecule has 0 aliphatic carbocycles. The van der Waals surface area contributed by atoms with Gasteiger partial charge in [-0.25, -0.2) is 0 Å². The topological polar surface area (TPSA) is 0 Å². The summed E-state index contributed by atoms with van der Waals surface area (Å²) in [5.74, 6) is 0. The van der Waals surface area contributed by atoms with E-state index in [0.717, 1.165) is 12.1 Å². The van der Waals surface area contributed by atoms with E-state index in [2.05, 4.69) is 6.07 Å². The average molecular weight is 205 g/mol. The van der Waals surface area contributed by atoms with Crippen molar-refractivity contribution < 1.29 is 39.0 Å². The van der Waals surface area contributed by atoms with E-state index >= 15 is 0 Å². The number of hydrogen-bond donors (Lipinski definition) is 0. The summed E-state index contributed by atoms with van der Waals surface area (Å²) >= 11 is 0. The molecular weight excluding hydrogens is 198 g/mol. The third-order valence-electron chi connectivity index (χ3n) is 1.05. The van der Waals surface area contributed by atoms with E-state index in [1.54, 1.807) is 0 Å². The smallest absolute Gasteiger partial charge is 0.358 e. The zero-order valence-electron chi connectivity index (χ0n) is 6.52. The minimum Gasteiger partial charge on any atom is -0.358 e. The molecule has 1 radical (unpaired) electrons. The van der Waals surface area contributed by atoms with E-state index < -0.39 is 11.7 Å². The normalized spacial score (nSPS) is 9.58. The van der Waals surface area contributed by atoms with Crippen molar-refractivity contribution in [2.45, 2.75) is 6.18 Å². The second kappa shape index (κ2) is 5.51. The fourth-order valence-corrected chi connectivity index (χ4v) is 0.576. The summed E-state index contributed by atoms with van der Waals surface area (Å²) < 4.78 is 35.3. The number of alkyl halides is 3. The quantitative estimate of drug-likeness (QED) is 0.571. The van der Waals surface area contributed by atoms with E-state index in [0.29, 0.717) is 0 Å². The molecule has 0 aromatic heterocycles. The van der Waals surface area contributed by atoms with Crippen LogP contribution in [-0.4, -0.2) is 0 Å². The fraction of sp³-hybridized carbons (Fsp3) is 0.125. The Balaban J connectivity index is 0. The van der Waals surface area contributed by atoms with Crippen LogP contribution in [0.25, 0.3) is 0 Å². The van der Waals surface area contributed by atoms with Crippen molar-refractivity contribution in [1.29, 1.82) is 0 Å². The minimum absolute atomic E-state index is 0. The van der Waals surface area contributed by atoms with Gasteiger partial charge in [-0.1, -0.05) is 5.56 Å². The molecule has 0 spiro atoms. The summed E-state index contributed by atoms with van der Waals surface area (Å²) in [7, 11) is 0. The Morgan fingerprint density at radius 3 is 1.75 bits per heavy atom. The molecule has 65 valence electrons. The van der Waals surface area contributed by atoms with Crippen molar-refractivity contribution in [2.24, 2.45) is 0 Å². The molecule has 1 aromatic carbocycles. The van der Waals surface area contributed by atoms with Gasteiger partial charge in [0.2, 0.25) is 0 Å². The van der Waals surface area contributed by atoms with E-state index in [4.69, 9.17) is 0 Å². The fourth-order valence-electron chi connectivity index (χ4n) is 0.576. The molecule has 0 saturated heterocycles. The van der Waals surface area contributed by atoms with Gasteiger partial charge in [-0.3, -0.25) is 0 Å². The van der Waals surface area contributed by atoms with Gasteiger partial charge >= 0.3 is 6.18 Å². The third kappa shape index (κ3) is 4.04. The molecule has 1 aromatic rings. The van der Waals surface area contributed by atoms with Crippen LogP contribution in [0.3, 0.4) is 0 Å². The van der Waals surface area contributed by atoms with Gasteiger partial charge in [0.15, 0.2) is 0 Å². The number of benzene rings is 1. The van der Waals surface area contributed by atoms with Crippen molar-refractivity contribution >= 4 is 0 Å². The summed E-state index contributed by atoms with van der Waals surface area (Å²) in [6, 6.07) is 6.95. The van der Waals surface area contributed by atoms with Gasteiger partial charge in [-0.05, 0) is 0 Å². The first-order valence-electron chi connectivity index (χ1n) is 2.64. The zero-order valence-corrected chi connectivity index (χ0v) is 8.32. The van der Waals surface area contributed by atoms with Crippen LogP contribution >= 0.6 is 0 Å². The van der Waals surface area contributed by atoms with Crippen LogP contribution in [0.1, 0.15) is 5.56 Å². The van der Waals surface area contributed by atoms with Crippen molar-refractivity contribution in [2.75, 3.05) is 0 Å². The monoisotopic (exact) mass is 205 g/mol. The largest absolute Gasteiger partial charge is 0.394 e. The molecule has 0 nitrogen and oxygen atoms in total. The summed E-state index contributed by atoms with van der Waals surface area (Å²) in [5.41, 5.74) is -0.633.